The number of hydrogen-bond donors (Lipinski definition) is 2. The summed E-state index contributed by atoms with van der Waals surface area (Å²) in [7, 11) is 0. The molecule has 0 saturated heterocycles. The number of halogens is 1. The maximum absolute atomic E-state index is 14.1. The third-order valence-corrected chi connectivity index (χ3v) is 5.33. The van der Waals surface area contributed by atoms with Crippen LogP contribution in [-0.4, -0.2) is 17.4 Å². The minimum absolute atomic E-state index is 0.141. The van der Waals surface area contributed by atoms with Crippen LogP contribution in [0.3, 0.4) is 0 Å². The van der Waals surface area contributed by atoms with E-state index < -0.39 is 5.41 Å². The fourth-order valence-corrected chi connectivity index (χ4v) is 3.62. The SMILES string of the molecule is Cc1ccc2cc(CCNC(=O)C3(c4ccccc4F)CC3)c(=O)[nH]c2c1. The van der Waals surface area contributed by atoms with Crippen LogP contribution in [0.15, 0.2) is 53.3 Å². The summed E-state index contributed by atoms with van der Waals surface area (Å²) in [6.07, 6.45) is 1.73. The maximum Gasteiger partial charge on any atom is 0.251 e. The quantitative estimate of drug-likeness (QED) is 0.729. The van der Waals surface area contributed by atoms with Crippen molar-refractivity contribution in [2.24, 2.45) is 0 Å². The molecule has 138 valence electrons. The van der Waals surface area contributed by atoms with E-state index in [0.717, 1.165) is 16.5 Å². The molecule has 1 aromatic heterocycles. The summed E-state index contributed by atoms with van der Waals surface area (Å²) in [5, 5.41) is 3.85. The predicted molar refractivity (Wildman–Crippen MR) is 103 cm³/mol. The number of amides is 1. The van der Waals surface area contributed by atoms with Gasteiger partial charge in [0.05, 0.1) is 5.41 Å². The number of fused-ring (bicyclic) bond motifs is 1. The number of hydrogen-bond acceptors (Lipinski definition) is 2. The van der Waals surface area contributed by atoms with Crippen molar-refractivity contribution in [1.29, 1.82) is 0 Å². The van der Waals surface area contributed by atoms with Crippen LogP contribution in [0.25, 0.3) is 10.9 Å². The number of aromatic amines is 1. The molecule has 1 fully saturated rings. The van der Waals surface area contributed by atoms with Crippen LogP contribution in [-0.2, 0) is 16.6 Å². The number of rotatable bonds is 5. The molecular formula is C22H21FN2O2. The second kappa shape index (κ2) is 6.65. The molecule has 27 heavy (non-hydrogen) atoms. The zero-order chi connectivity index (χ0) is 19.0. The number of carbonyl (C=O) groups is 1. The number of benzene rings is 2. The Morgan fingerprint density at radius 2 is 1.96 bits per heavy atom. The number of nitrogens with one attached hydrogen (secondary N) is 2. The highest BCUT2D eigenvalue weighted by molar-refractivity contribution is 5.91. The Morgan fingerprint density at radius 1 is 1.19 bits per heavy atom. The smallest absolute Gasteiger partial charge is 0.251 e. The molecular weight excluding hydrogens is 343 g/mol. The van der Waals surface area contributed by atoms with Gasteiger partial charge in [-0.15, -0.1) is 0 Å². The Bertz CT molecular complexity index is 1080. The summed E-state index contributed by atoms with van der Waals surface area (Å²) in [5.74, 6) is -0.508. The summed E-state index contributed by atoms with van der Waals surface area (Å²) in [6, 6.07) is 14.2. The van der Waals surface area contributed by atoms with E-state index in [1.165, 1.54) is 6.07 Å². The van der Waals surface area contributed by atoms with Crippen LogP contribution in [0.4, 0.5) is 4.39 Å². The molecule has 0 radical (unpaired) electrons. The largest absolute Gasteiger partial charge is 0.355 e. The van der Waals surface area contributed by atoms with Gasteiger partial charge in [-0.2, -0.15) is 0 Å². The number of carbonyl (C=O) groups excluding carboxylic acids is 1. The summed E-state index contributed by atoms with van der Waals surface area (Å²) in [4.78, 5) is 27.8. The van der Waals surface area contributed by atoms with Crippen molar-refractivity contribution in [2.75, 3.05) is 6.54 Å². The first-order chi connectivity index (χ1) is 13.0. The monoisotopic (exact) mass is 364 g/mol. The van der Waals surface area contributed by atoms with Crippen LogP contribution in [0.1, 0.15) is 29.5 Å². The normalized spacial score (nSPS) is 14.9. The minimum atomic E-state index is -0.751. The molecule has 0 aliphatic heterocycles. The third-order valence-electron chi connectivity index (χ3n) is 5.33. The number of aryl methyl sites for hydroxylation is 1. The highest BCUT2D eigenvalue weighted by atomic mass is 19.1. The average molecular weight is 364 g/mol. The molecule has 4 nitrogen and oxygen atoms in total. The van der Waals surface area contributed by atoms with Crippen LogP contribution in [0.2, 0.25) is 0 Å². The number of H-pyrrole nitrogens is 1. The second-order valence-corrected chi connectivity index (χ2v) is 7.28. The Kier molecular flexibility index (Phi) is 4.30. The van der Waals surface area contributed by atoms with Gasteiger partial charge in [0.25, 0.3) is 5.56 Å². The van der Waals surface area contributed by atoms with Crippen LogP contribution in [0, 0.1) is 12.7 Å². The fourth-order valence-electron chi connectivity index (χ4n) is 3.62. The molecule has 0 unspecified atom stereocenters. The van der Waals surface area contributed by atoms with Crippen LogP contribution in [0.5, 0.6) is 0 Å². The van der Waals surface area contributed by atoms with E-state index in [4.69, 9.17) is 0 Å². The summed E-state index contributed by atoms with van der Waals surface area (Å²) in [6.45, 7) is 2.32. The number of aromatic nitrogens is 1. The Morgan fingerprint density at radius 3 is 2.70 bits per heavy atom. The van der Waals surface area contributed by atoms with Crippen molar-refractivity contribution in [3.05, 3.63) is 81.4 Å². The topological polar surface area (TPSA) is 62.0 Å². The van der Waals surface area contributed by atoms with Crippen molar-refractivity contribution in [3.63, 3.8) is 0 Å². The van der Waals surface area contributed by atoms with E-state index in [2.05, 4.69) is 10.3 Å². The summed E-state index contributed by atoms with van der Waals surface area (Å²) < 4.78 is 14.1. The molecule has 5 heteroatoms. The zero-order valence-corrected chi connectivity index (χ0v) is 15.1. The highest BCUT2D eigenvalue weighted by Gasteiger charge is 2.52. The molecule has 1 aliphatic carbocycles. The van der Waals surface area contributed by atoms with Crippen molar-refractivity contribution in [1.82, 2.24) is 10.3 Å². The molecule has 2 aromatic carbocycles. The molecule has 0 atom stereocenters. The zero-order valence-electron chi connectivity index (χ0n) is 15.1. The number of pyridine rings is 1. The lowest BCUT2D eigenvalue weighted by molar-refractivity contribution is -0.123. The Labute approximate surface area is 156 Å². The van der Waals surface area contributed by atoms with Gasteiger partial charge in [-0.25, -0.2) is 4.39 Å². The first-order valence-electron chi connectivity index (χ1n) is 9.15. The van der Waals surface area contributed by atoms with E-state index in [1.54, 1.807) is 18.2 Å². The van der Waals surface area contributed by atoms with Gasteiger partial charge < -0.3 is 10.3 Å². The van der Waals surface area contributed by atoms with E-state index in [9.17, 15) is 14.0 Å². The highest BCUT2D eigenvalue weighted by Crippen LogP contribution is 2.49. The van der Waals surface area contributed by atoms with Crippen molar-refractivity contribution in [2.45, 2.75) is 31.6 Å². The first-order valence-corrected chi connectivity index (χ1v) is 9.15. The Balaban J connectivity index is 1.46. The van der Waals surface area contributed by atoms with Gasteiger partial charge in [0.1, 0.15) is 5.82 Å². The van der Waals surface area contributed by atoms with E-state index >= 15 is 0 Å². The van der Waals surface area contributed by atoms with Gasteiger partial charge in [0.15, 0.2) is 0 Å². The van der Waals surface area contributed by atoms with Gasteiger partial charge in [0.2, 0.25) is 5.91 Å². The average Bonchev–Trinajstić information content (AvgIpc) is 3.44. The third kappa shape index (κ3) is 3.25. The van der Waals surface area contributed by atoms with Gasteiger partial charge in [-0.3, -0.25) is 9.59 Å². The minimum Gasteiger partial charge on any atom is -0.355 e. The first kappa shape index (κ1) is 17.5. The molecule has 1 saturated carbocycles. The molecule has 2 N–H and O–H groups in total. The molecule has 0 bridgehead atoms. The second-order valence-electron chi connectivity index (χ2n) is 7.28. The van der Waals surface area contributed by atoms with Gasteiger partial charge in [0, 0.05) is 23.2 Å². The molecule has 4 rings (SSSR count). The van der Waals surface area contributed by atoms with E-state index in [-0.39, 0.29) is 17.3 Å². The lowest BCUT2D eigenvalue weighted by Crippen LogP contribution is -2.37. The molecule has 0 spiro atoms. The fraction of sp³-hybridized carbons (Fsp3) is 0.273. The van der Waals surface area contributed by atoms with Gasteiger partial charge in [-0.05, 0) is 55.3 Å². The van der Waals surface area contributed by atoms with E-state index in [0.29, 0.717) is 36.9 Å². The predicted octanol–water partition coefficient (Wildman–Crippen LogP) is 3.37. The maximum atomic E-state index is 14.1. The van der Waals surface area contributed by atoms with Crippen molar-refractivity contribution >= 4 is 16.8 Å². The van der Waals surface area contributed by atoms with Crippen molar-refractivity contribution in [3.8, 4) is 0 Å². The molecule has 1 heterocycles. The summed E-state index contributed by atoms with van der Waals surface area (Å²) in [5.41, 5.74) is 2.09. The van der Waals surface area contributed by atoms with Crippen LogP contribution < -0.4 is 10.9 Å². The van der Waals surface area contributed by atoms with E-state index in [1.807, 2.05) is 31.2 Å². The van der Waals surface area contributed by atoms with Gasteiger partial charge in [-0.1, -0.05) is 30.3 Å². The molecule has 3 aromatic rings. The molecule has 1 aliphatic rings. The Hall–Kier alpha value is -2.95. The van der Waals surface area contributed by atoms with Crippen LogP contribution >= 0.6 is 0 Å². The van der Waals surface area contributed by atoms with Crippen molar-refractivity contribution < 1.29 is 9.18 Å². The lowest BCUT2D eigenvalue weighted by Gasteiger charge is -2.16. The van der Waals surface area contributed by atoms with Gasteiger partial charge >= 0.3 is 0 Å². The lowest BCUT2D eigenvalue weighted by atomic mass is 9.94. The standard InChI is InChI=1S/C22H21FN2O2/c1-14-6-7-15-13-16(20(26)25-19(15)12-14)8-11-24-21(27)22(9-10-22)17-4-2-3-5-18(17)23/h2-7,12-13H,8-11H2,1H3,(H,24,27)(H,25,26). The molecule has 1 amide bonds. The summed E-state index contributed by atoms with van der Waals surface area (Å²) >= 11 is 0.